The van der Waals surface area contributed by atoms with E-state index in [1.807, 2.05) is 0 Å². The topological polar surface area (TPSA) is 98.7 Å². The summed E-state index contributed by atoms with van der Waals surface area (Å²) < 4.78 is 0. The lowest BCUT2D eigenvalue weighted by Crippen LogP contribution is -2.49. The number of halogens is 1. The lowest BCUT2D eigenvalue weighted by molar-refractivity contribution is -0.131. The van der Waals surface area contributed by atoms with Crippen LogP contribution < -0.4 is 10.6 Å². The standard InChI is InChI=1S/C22H31ClN2O4/c1-21(2)16-8-9-22(21,3)19(28)15(16)10-18(27)25-17(12-26)20(29)24-11-13-4-6-14(23)7-5-13/h4-7,15-17,19,26,28H,8-12H2,1-3H3,(H,24,29)(H,25,27)/t15?,16?,17-,19?,22?/m0/s1. The molecule has 2 aliphatic rings. The van der Waals surface area contributed by atoms with Gasteiger partial charge in [0.15, 0.2) is 0 Å². The molecule has 1 aromatic rings. The largest absolute Gasteiger partial charge is 0.394 e. The molecule has 0 spiro atoms. The second kappa shape index (κ2) is 8.25. The summed E-state index contributed by atoms with van der Waals surface area (Å²) in [5.41, 5.74) is 0.657. The molecule has 2 fully saturated rings. The van der Waals surface area contributed by atoms with Gasteiger partial charge in [0.1, 0.15) is 6.04 Å². The van der Waals surface area contributed by atoms with E-state index < -0.39 is 24.7 Å². The van der Waals surface area contributed by atoms with Crippen LogP contribution in [-0.4, -0.2) is 40.8 Å². The van der Waals surface area contributed by atoms with Gasteiger partial charge in [-0.3, -0.25) is 9.59 Å². The number of benzene rings is 1. The van der Waals surface area contributed by atoms with Crippen molar-refractivity contribution in [1.82, 2.24) is 10.6 Å². The SMILES string of the molecule is CC1(C)C2CCC1(C)C(O)C2CC(=O)N[C@@H](CO)C(=O)NCc1ccc(Cl)cc1. The van der Waals surface area contributed by atoms with Crippen molar-refractivity contribution in [2.24, 2.45) is 22.7 Å². The van der Waals surface area contributed by atoms with E-state index >= 15 is 0 Å². The van der Waals surface area contributed by atoms with Crippen LogP contribution in [-0.2, 0) is 16.1 Å². The quantitative estimate of drug-likeness (QED) is 0.541. The van der Waals surface area contributed by atoms with Gasteiger partial charge in [-0.2, -0.15) is 0 Å². The molecule has 0 radical (unpaired) electrons. The first-order valence-corrected chi connectivity index (χ1v) is 10.6. The minimum absolute atomic E-state index is 0.0241. The van der Waals surface area contributed by atoms with Crippen LogP contribution in [0.5, 0.6) is 0 Å². The molecule has 2 aliphatic carbocycles. The molecule has 7 heteroatoms. The number of fused-ring (bicyclic) bond motifs is 2. The van der Waals surface area contributed by atoms with Gasteiger partial charge in [-0.05, 0) is 53.2 Å². The maximum Gasteiger partial charge on any atom is 0.245 e. The summed E-state index contributed by atoms with van der Waals surface area (Å²) in [5.74, 6) is -0.613. The average Bonchev–Trinajstić information content (AvgIpc) is 2.99. The first-order chi connectivity index (χ1) is 13.6. The van der Waals surface area contributed by atoms with Gasteiger partial charge in [0.25, 0.3) is 0 Å². The van der Waals surface area contributed by atoms with Crippen molar-refractivity contribution in [2.45, 2.75) is 58.7 Å². The van der Waals surface area contributed by atoms with Gasteiger partial charge in [-0.1, -0.05) is 44.5 Å². The molecule has 6 nitrogen and oxygen atoms in total. The third-order valence-electron chi connectivity index (χ3n) is 7.58. The third kappa shape index (κ3) is 4.03. The minimum Gasteiger partial charge on any atom is -0.394 e. The van der Waals surface area contributed by atoms with Crippen LogP contribution in [0.3, 0.4) is 0 Å². The Balaban J connectivity index is 1.55. The molecule has 3 rings (SSSR count). The first-order valence-electron chi connectivity index (χ1n) is 10.2. The number of carbonyl (C=O) groups excluding carboxylic acids is 2. The van der Waals surface area contributed by atoms with Crippen LogP contribution >= 0.6 is 11.6 Å². The predicted octanol–water partition coefficient (Wildman–Crippen LogP) is 2.26. The molecule has 29 heavy (non-hydrogen) atoms. The average molecular weight is 423 g/mol. The molecule has 2 bridgehead atoms. The van der Waals surface area contributed by atoms with Crippen LogP contribution in [0.25, 0.3) is 0 Å². The van der Waals surface area contributed by atoms with Crippen LogP contribution in [0.15, 0.2) is 24.3 Å². The molecule has 0 aliphatic heterocycles. The number of hydrogen-bond donors (Lipinski definition) is 4. The van der Waals surface area contributed by atoms with Gasteiger partial charge in [0, 0.05) is 18.0 Å². The van der Waals surface area contributed by atoms with Crippen molar-refractivity contribution < 1.29 is 19.8 Å². The van der Waals surface area contributed by atoms with E-state index in [1.54, 1.807) is 24.3 Å². The Bertz CT molecular complexity index is 767. The summed E-state index contributed by atoms with van der Waals surface area (Å²) >= 11 is 5.85. The molecule has 0 saturated heterocycles. The number of nitrogens with one attached hydrogen (secondary N) is 2. The fraction of sp³-hybridized carbons (Fsp3) is 0.636. The van der Waals surface area contributed by atoms with Gasteiger partial charge in [-0.15, -0.1) is 0 Å². The third-order valence-corrected chi connectivity index (χ3v) is 7.84. The fourth-order valence-corrected chi connectivity index (χ4v) is 5.49. The predicted molar refractivity (Wildman–Crippen MR) is 111 cm³/mol. The van der Waals surface area contributed by atoms with E-state index in [0.29, 0.717) is 5.02 Å². The molecule has 2 saturated carbocycles. The Labute approximate surface area is 177 Å². The smallest absolute Gasteiger partial charge is 0.245 e. The molecule has 0 aromatic heterocycles. The summed E-state index contributed by atoms with van der Waals surface area (Å²) in [4.78, 5) is 25.0. The highest BCUT2D eigenvalue weighted by molar-refractivity contribution is 6.30. The fourth-order valence-electron chi connectivity index (χ4n) is 5.36. The van der Waals surface area contributed by atoms with Crippen molar-refractivity contribution in [3.8, 4) is 0 Å². The zero-order valence-electron chi connectivity index (χ0n) is 17.2. The molecule has 4 N–H and O–H groups in total. The van der Waals surface area contributed by atoms with E-state index in [0.717, 1.165) is 18.4 Å². The second-order valence-corrected chi connectivity index (χ2v) is 9.68. The van der Waals surface area contributed by atoms with Crippen molar-refractivity contribution in [3.63, 3.8) is 0 Å². The van der Waals surface area contributed by atoms with Crippen molar-refractivity contribution in [2.75, 3.05) is 6.61 Å². The van der Waals surface area contributed by atoms with Gasteiger partial charge in [0.2, 0.25) is 11.8 Å². The maximum absolute atomic E-state index is 12.6. The van der Waals surface area contributed by atoms with Crippen LogP contribution in [0, 0.1) is 22.7 Å². The zero-order chi connectivity index (χ0) is 21.4. The van der Waals surface area contributed by atoms with E-state index in [-0.39, 0.29) is 41.5 Å². The molecule has 1 aromatic carbocycles. The lowest BCUT2D eigenvalue weighted by Gasteiger charge is -2.37. The van der Waals surface area contributed by atoms with Crippen LogP contribution in [0.4, 0.5) is 0 Å². The van der Waals surface area contributed by atoms with E-state index in [2.05, 4.69) is 31.4 Å². The van der Waals surface area contributed by atoms with Gasteiger partial charge in [-0.25, -0.2) is 0 Å². The van der Waals surface area contributed by atoms with Gasteiger partial charge in [0.05, 0.1) is 12.7 Å². The van der Waals surface area contributed by atoms with Gasteiger partial charge >= 0.3 is 0 Å². The van der Waals surface area contributed by atoms with E-state index in [9.17, 15) is 19.8 Å². The van der Waals surface area contributed by atoms with E-state index in [1.165, 1.54) is 0 Å². The zero-order valence-corrected chi connectivity index (χ0v) is 18.0. The molecule has 2 amide bonds. The summed E-state index contributed by atoms with van der Waals surface area (Å²) in [5, 5.41) is 26.4. The highest BCUT2D eigenvalue weighted by atomic mass is 35.5. The van der Waals surface area contributed by atoms with Crippen molar-refractivity contribution >= 4 is 23.4 Å². The summed E-state index contributed by atoms with van der Waals surface area (Å²) in [7, 11) is 0. The highest BCUT2D eigenvalue weighted by Gasteiger charge is 2.65. The maximum atomic E-state index is 12.6. The van der Waals surface area contributed by atoms with Gasteiger partial charge < -0.3 is 20.8 Å². The Morgan fingerprint density at radius 3 is 2.45 bits per heavy atom. The monoisotopic (exact) mass is 422 g/mol. The Kier molecular flexibility index (Phi) is 6.27. The second-order valence-electron chi connectivity index (χ2n) is 9.24. The number of hydrogen-bond acceptors (Lipinski definition) is 4. The number of aliphatic hydroxyl groups excluding tert-OH is 2. The molecular weight excluding hydrogens is 392 g/mol. The van der Waals surface area contributed by atoms with Crippen LogP contribution in [0.1, 0.15) is 45.6 Å². The highest BCUT2D eigenvalue weighted by Crippen LogP contribution is 2.68. The van der Waals surface area contributed by atoms with Crippen LogP contribution in [0.2, 0.25) is 5.02 Å². The molecule has 4 unspecified atom stereocenters. The number of rotatable bonds is 7. The molecule has 160 valence electrons. The minimum atomic E-state index is -1.02. The van der Waals surface area contributed by atoms with Crippen molar-refractivity contribution in [1.29, 1.82) is 0 Å². The summed E-state index contributed by atoms with van der Waals surface area (Å²) in [6.45, 7) is 6.24. The van der Waals surface area contributed by atoms with E-state index in [4.69, 9.17) is 11.6 Å². The van der Waals surface area contributed by atoms with Crippen molar-refractivity contribution in [3.05, 3.63) is 34.9 Å². The first kappa shape index (κ1) is 22.1. The molecule has 5 atom stereocenters. The summed E-state index contributed by atoms with van der Waals surface area (Å²) in [6.07, 6.45) is 1.60. The molecule has 0 heterocycles. The summed E-state index contributed by atoms with van der Waals surface area (Å²) in [6, 6.07) is 6.05. The normalized spacial score (nSPS) is 30.8. The number of amides is 2. The number of carbonyl (C=O) groups is 2. The lowest BCUT2D eigenvalue weighted by atomic mass is 9.70. The number of aliphatic hydroxyl groups is 2. The molecular formula is C22H31ClN2O4. The Morgan fingerprint density at radius 2 is 1.90 bits per heavy atom. The Morgan fingerprint density at radius 1 is 1.24 bits per heavy atom. The Hall–Kier alpha value is -1.63.